The maximum atomic E-state index is 6.14. The number of pyridine rings is 1. The molecule has 1 fully saturated rings. The summed E-state index contributed by atoms with van der Waals surface area (Å²) in [6.45, 7) is 5.10. The standard InChI is InChI=1S/C29H31N7O2/c1-20-15-22(3-6-27(20)38-24-9-13-36-28(17-24)31-19-33-36)34-29-25-16-23(4-5-26(25)30-18-32-29)37-14-10-21-7-11-35(2)12-8-21/h3-6,9,13,15-19,21H,7-8,10-12,14H2,1-2H3,(H,30,32,34). The highest BCUT2D eigenvalue weighted by atomic mass is 16.5. The quantitative estimate of drug-likeness (QED) is 0.288. The van der Waals surface area contributed by atoms with Crippen LogP contribution < -0.4 is 14.8 Å². The van der Waals surface area contributed by atoms with Crippen molar-refractivity contribution in [2.45, 2.75) is 26.2 Å². The number of benzene rings is 2. The zero-order chi connectivity index (χ0) is 25.9. The van der Waals surface area contributed by atoms with E-state index in [1.54, 1.807) is 10.8 Å². The summed E-state index contributed by atoms with van der Waals surface area (Å²) in [4.78, 5) is 15.6. The Kier molecular flexibility index (Phi) is 6.75. The Hall–Kier alpha value is -4.24. The predicted octanol–water partition coefficient (Wildman–Crippen LogP) is 5.63. The monoisotopic (exact) mass is 509 g/mol. The second-order valence-electron chi connectivity index (χ2n) is 9.92. The van der Waals surface area contributed by atoms with E-state index in [1.807, 2.05) is 61.7 Å². The van der Waals surface area contributed by atoms with Crippen molar-refractivity contribution in [3.8, 4) is 17.2 Å². The van der Waals surface area contributed by atoms with Gasteiger partial charge in [-0.05, 0) is 100 Å². The molecule has 0 atom stereocenters. The van der Waals surface area contributed by atoms with Gasteiger partial charge in [-0.3, -0.25) is 0 Å². The minimum Gasteiger partial charge on any atom is -0.494 e. The number of piperidine rings is 1. The molecule has 9 heteroatoms. The zero-order valence-corrected chi connectivity index (χ0v) is 21.7. The fourth-order valence-electron chi connectivity index (χ4n) is 4.88. The third-order valence-corrected chi connectivity index (χ3v) is 7.16. The summed E-state index contributed by atoms with van der Waals surface area (Å²) >= 11 is 0. The van der Waals surface area contributed by atoms with Crippen LogP contribution in [0.2, 0.25) is 0 Å². The lowest BCUT2D eigenvalue weighted by molar-refractivity contribution is 0.187. The molecule has 3 aromatic heterocycles. The Morgan fingerprint density at radius 2 is 1.84 bits per heavy atom. The van der Waals surface area contributed by atoms with Gasteiger partial charge in [-0.2, -0.15) is 5.10 Å². The molecule has 0 unspecified atom stereocenters. The summed E-state index contributed by atoms with van der Waals surface area (Å²) < 4.78 is 13.9. The van der Waals surface area contributed by atoms with Gasteiger partial charge in [0.2, 0.25) is 0 Å². The average Bonchev–Trinajstić information content (AvgIpc) is 3.40. The average molecular weight is 510 g/mol. The summed E-state index contributed by atoms with van der Waals surface area (Å²) in [5, 5.41) is 8.49. The second kappa shape index (κ2) is 10.6. The molecule has 9 nitrogen and oxygen atoms in total. The van der Waals surface area contributed by atoms with E-state index in [-0.39, 0.29) is 0 Å². The van der Waals surface area contributed by atoms with Crippen LogP contribution in [0.5, 0.6) is 17.2 Å². The lowest BCUT2D eigenvalue weighted by Gasteiger charge is -2.28. The number of hydrogen-bond acceptors (Lipinski definition) is 8. The molecule has 1 saturated heterocycles. The van der Waals surface area contributed by atoms with E-state index in [0.717, 1.165) is 64.1 Å². The largest absolute Gasteiger partial charge is 0.494 e. The van der Waals surface area contributed by atoms with Crippen LogP contribution in [0, 0.1) is 12.8 Å². The van der Waals surface area contributed by atoms with Crippen molar-refractivity contribution < 1.29 is 9.47 Å². The minimum atomic E-state index is 0.708. The van der Waals surface area contributed by atoms with Crippen molar-refractivity contribution in [3.05, 3.63) is 72.9 Å². The van der Waals surface area contributed by atoms with E-state index < -0.39 is 0 Å². The Labute approximate surface area is 221 Å². The summed E-state index contributed by atoms with van der Waals surface area (Å²) in [5.74, 6) is 3.80. The van der Waals surface area contributed by atoms with Gasteiger partial charge in [0.1, 0.15) is 35.7 Å². The normalized spacial score (nSPS) is 14.7. The molecular formula is C29H31N7O2. The first-order chi connectivity index (χ1) is 18.6. The fraction of sp³-hybridized carbons (Fsp3) is 0.310. The molecule has 0 amide bonds. The SMILES string of the molecule is Cc1cc(Nc2ncnc3ccc(OCCC4CCN(C)CC4)cc23)ccc1Oc1ccn2ncnc2c1. The van der Waals surface area contributed by atoms with Gasteiger partial charge in [-0.25, -0.2) is 19.5 Å². The molecule has 1 aliphatic heterocycles. The molecule has 0 aliphatic carbocycles. The van der Waals surface area contributed by atoms with Crippen LogP contribution in [0.4, 0.5) is 11.5 Å². The molecule has 194 valence electrons. The third-order valence-electron chi connectivity index (χ3n) is 7.16. The second-order valence-corrected chi connectivity index (χ2v) is 9.92. The smallest absolute Gasteiger partial charge is 0.158 e. The topological polar surface area (TPSA) is 89.7 Å². The lowest BCUT2D eigenvalue weighted by Crippen LogP contribution is -2.30. The Bertz CT molecular complexity index is 1560. The minimum absolute atomic E-state index is 0.708. The van der Waals surface area contributed by atoms with Crippen molar-refractivity contribution in [1.82, 2.24) is 29.5 Å². The van der Waals surface area contributed by atoms with Crippen molar-refractivity contribution in [1.29, 1.82) is 0 Å². The van der Waals surface area contributed by atoms with Crippen LogP contribution in [0.1, 0.15) is 24.8 Å². The van der Waals surface area contributed by atoms with Crippen molar-refractivity contribution in [2.24, 2.45) is 5.92 Å². The maximum absolute atomic E-state index is 6.14. The summed E-state index contributed by atoms with van der Waals surface area (Å²) in [6, 6.07) is 15.7. The van der Waals surface area contributed by atoms with Crippen LogP contribution >= 0.6 is 0 Å². The van der Waals surface area contributed by atoms with Gasteiger partial charge >= 0.3 is 0 Å². The van der Waals surface area contributed by atoms with Gasteiger partial charge < -0.3 is 19.7 Å². The van der Waals surface area contributed by atoms with E-state index in [2.05, 4.69) is 37.3 Å². The van der Waals surface area contributed by atoms with Gasteiger partial charge in [-0.15, -0.1) is 0 Å². The number of likely N-dealkylation sites (tertiary alicyclic amines) is 1. The predicted molar refractivity (Wildman–Crippen MR) is 147 cm³/mol. The molecule has 0 radical (unpaired) electrons. The van der Waals surface area contributed by atoms with E-state index in [0.29, 0.717) is 5.75 Å². The van der Waals surface area contributed by atoms with Gasteiger partial charge in [0.05, 0.1) is 12.1 Å². The van der Waals surface area contributed by atoms with Gasteiger partial charge in [0.25, 0.3) is 0 Å². The van der Waals surface area contributed by atoms with Crippen molar-refractivity contribution >= 4 is 28.1 Å². The number of rotatable bonds is 8. The van der Waals surface area contributed by atoms with Crippen molar-refractivity contribution in [3.63, 3.8) is 0 Å². The summed E-state index contributed by atoms with van der Waals surface area (Å²) in [6.07, 6.45) is 8.52. The van der Waals surface area contributed by atoms with Crippen LogP contribution in [0.15, 0.2) is 67.4 Å². The molecule has 2 aromatic carbocycles. The molecule has 0 saturated carbocycles. The first-order valence-electron chi connectivity index (χ1n) is 13.0. The van der Waals surface area contributed by atoms with Gasteiger partial charge in [-0.1, -0.05) is 0 Å². The van der Waals surface area contributed by atoms with E-state index >= 15 is 0 Å². The highest BCUT2D eigenvalue weighted by molar-refractivity contribution is 5.91. The molecule has 4 heterocycles. The van der Waals surface area contributed by atoms with Crippen LogP contribution in [0.25, 0.3) is 16.6 Å². The first-order valence-corrected chi connectivity index (χ1v) is 13.0. The van der Waals surface area contributed by atoms with Crippen LogP contribution in [-0.4, -0.2) is 56.2 Å². The Morgan fingerprint density at radius 3 is 2.71 bits per heavy atom. The number of hydrogen-bond donors (Lipinski definition) is 1. The third kappa shape index (κ3) is 5.38. The van der Waals surface area contributed by atoms with E-state index in [4.69, 9.17) is 9.47 Å². The Balaban J connectivity index is 1.14. The maximum Gasteiger partial charge on any atom is 0.158 e. The number of anilines is 2. The van der Waals surface area contributed by atoms with E-state index in [9.17, 15) is 0 Å². The fourth-order valence-corrected chi connectivity index (χ4v) is 4.88. The molecule has 0 spiro atoms. The molecule has 5 aromatic rings. The molecule has 6 rings (SSSR count). The zero-order valence-electron chi connectivity index (χ0n) is 21.7. The number of aromatic nitrogens is 5. The molecule has 1 N–H and O–H groups in total. The molecule has 0 bridgehead atoms. The van der Waals surface area contributed by atoms with Crippen LogP contribution in [-0.2, 0) is 0 Å². The highest BCUT2D eigenvalue weighted by Gasteiger charge is 2.16. The summed E-state index contributed by atoms with van der Waals surface area (Å²) in [5.41, 5.74) is 3.51. The Morgan fingerprint density at radius 1 is 0.947 bits per heavy atom. The number of nitrogens with one attached hydrogen (secondary N) is 1. The number of ether oxygens (including phenoxy) is 2. The van der Waals surface area contributed by atoms with E-state index in [1.165, 1.54) is 32.3 Å². The van der Waals surface area contributed by atoms with Crippen molar-refractivity contribution in [2.75, 3.05) is 32.1 Å². The van der Waals surface area contributed by atoms with Gasteiger partial charge in [0, 0.05) is 23.3 Å². The first kappa shape index (κ1) is 24.1. The summed E-state index contributed by atoms with van der Waals surface area (Å²) in [7, 11) is 2.19. The number of aryl methyl sites for hydroxylation is 1. The lowest BCUT2D eigenvalue weighted by atomic mass is 9.94. The van der Waals surface area contributed by atoms with Gasteiger partial charge in [0.15, 0.2) is 5.65 Å². The number of nitrogens with zero attached hydrogens (tertiary/aromatic N) is 6. The highest BCUT2D eigenvalue weighted by Crippen LogP contribution is 2.31. The molecule has 1 aliphatic rings. The molecular weight excluding hydrogens is 478 g/mol. The number of fused-ring (bicyclic) bond motifs is 2. The molecule has 38 heavy (non-hydrogen) atoms. The van der Waals surface area contributed by atoms with Crippen LogP contribution in [0.3, 0.4) is 0 Å².